The smallest absolute Gasteiger partial charge is 0.330 e. The zero-order valence-corrected chi connectivity index (χ0v) is 11.7. The van der Waals surface area contributed by atoms with Crippen LogP contribution in [0.3, 0.4) is 0 Å². The highest BCUT2D eigenvalue weighted by molar-refractivity contribution is 5.26. The van der Waals surface area contributed by atoms with Crippen molar-refractivity contribution in [1.82, 2.24) is 4.90 Å². The Morgan fingerprint density at radius 1 is 1.30 bits per heavy atom. The molecule has 2 unspecified atom stereocenters. The van der Waals surface area contributed by atoms with Gasteiger partial charge in [-0.25, -0.2) is 0 Å². The van der Waals surface area contributed by atoms with Crippen LogP contribution in [0.1, 0.15) is 36.9 Å². The third kappa shape index (κ3) is 3.52. The van der Waals surface area contributed by atoms with Gasteiger partial charge < -0.3 is 5.73 Å². The summed E-state index contributed by atoms with van der Waals surface area (Å²) in [5.74, 6) is 0.501. The van der Waals surface area contributed by atoms with E-state index in [1.165, 1.54) is 0 Å². The van der Waals surface area contributed by atoms with Crippen LogP contribution in [-0.2, 0) is 6.18 Å². The molecule has 1 aromatic rings. The Morgan fingerprint density at radius 2 is 1.95 bits per heavy atom. The van der Waals surface area contributed by atoms with Crippen LogP contribution in [0, 0.1) is 5.92 Å². The van der Waals surface area contributed by atoms with Crippen LogP contribution in [0.15, 0.2) is 24.3 Å². The summed E-state index contributed by atoms with van der Waals surface area (Å²) in [6, 6.07) is 5.62. The fourth-order valence-corrected chi connectivity index (χ4v) is 2.80. The van der Waals surface area contributed by atoms with Gasteiger partial charge in [-0.2, -0.15) is 13.2 Å². The van der Waals surface area contributed by atoms with Gasteiger partial charge in [0.1, 0.15) is 0 Å². The molecule has 0 saturated carbocycles. The largest absolute Gasteiger partial charge is 0.416 e. The number of halogens is 3. The van der Waals surface area contributed by atoms with Gasteiger partial charge in [0.2, 0.25) is 0 Å². The first-order valence-corrected chi connectivity index (χ1v) is 7.03. The topological polar surface area (TPSA) is 29.3 Å². The zero-order chi connectivity index (χ0) is 14.8. The van der Waals surface area contributed by atoms with E-state index < -0.39 is 11.7 Å². The number of nitrogens with zero attached hydrogens (tertiary/aromatic N) is 1. The number of benzene rings is 1. The molecule has 2 atom stereocenters. The fraction of sp³-hybridized carbons (Fsp3) is 0.600. The first-order valence-electron chi connectivity index (χ1n) is 7.03. The molecule has 1 aromatic carbocycles. The Bertz CT molecular complexity index is 428. The third-order valence-corrected chi connectivity index (χ3v) is 4.15. The molecule has 0 radical (unpaired) electrons. The van der Waals surface area contributed by atoms with E-state index in [2.05, 4.69) is 4.90 Å². The average Bonchev–Trinajstić information content (AvgIpc) is 2.46. The molecule has 0 spiro atoms. The minimum atomic E-state index is -4.27. The Labute approximate surface area is 117 Å². The van der Waals surface area contributed by atoms with Gasteiger partial charge in [0.15, 0.2) is 0 Å². The van der Waals surface area contributed by atoms with Crippen LogP contribution in [0.25, 0.3) is 0 Å². The molecular weight excluding hydrogens is 265 g/mol. The minimum absolute atomic E-state index is 0.131. The van der Waals surface area contributed by atoms with Crippen LogP contribution in [0.2, 0.25) is 0 Å². The monoisotopic (exact) mass is 286 g/mol. The van der Waals surface area contributed by atoms with E-state index in [1.54, 1.807) is 12.1 Å². The number of nitrogens with two attached hydrogens (primary N) is 1. The molecule has 1 heterocycles. The molecule has 0 aromatic heterocycles. The lowest BCUT2D eigenvalue weighted by Crippen LogP contribution is -2.39. The van der Waals surface area contributed by atoms with Gasteiger partial charge in [0.05, 0.1) is 5.56 Å². The molecule has 1 fully saturated rings. The summed E-state index contributed by atoms with van der Waals surface area (Å²) in [4.78, 5) is 2.31. The summed E-state index contributed by atoms with van der Waals surface area (Å²) in [6.45, 7) is 4.63. The summed E-state index contributed by atoms with van der Waals surface area (Å²) in [5, 5.41) is 0. The molecule has 20 heavy (non-hydrogen) atoms. The molecule has 0 amide bonds. The highest BCUT2D eigenvalue weighted by Gasteiger charge is 2.30. The fourth-order valence-electron chi connectivity index (χ4n) is 2.80. The Hall–Kier alpha value is -1.07. The minimum Gasteiger partial charge on any atom is -0.330 e. The predicted octanol–water partition coefficient (Wildman–Crippen LogP) is 3.44. The molecule has 2 rings (SSSR count). The van der Waals surface area contributed by atoms with Crippen molar-refractivity contribution >= 4 is 0 Å². The first-order chi connectivity index (χ1) is 9.41. The van der Waals surface area contributed by atoms with Crippen LogP contribution < -0.4 is 5.73 Å². The van der Waals surface area contributed by atoms with Gasteiger partial charge in [-0.1, -0.05) is 12.1 Å². The Balaban J connectivity index is 2.07. The van der Waals surface area contributed by atoms with E-state index in [9.17, 15) is 13.2 Å². The van der Waals surface area contributed by atoms with Crippen molar-refractivity contribution in [1.29, 1.82) is 0 Å². The Morgan fingerprint density at radius 3 is 2.50 bits per heavy atom. The van der Waals surface area contributed by atoms with Gasteiger partial charge >= 0.3 is 6.18 Å². The molecule has 1 aliphatic rings. The highest BCUT2D eigenvalue weighted by Crippen LogP contribution is 2.31. The van der Waals surface area contributed by atoms with Gasteiger partial charge in [-0.15, -0.1) is 0 Å². The van der Waals surface area contributed by atoms with Crippen LogP contribution in [0.5, 0.6) is 0 Å². The Kier molecular flexibility index (Phi) is 4.70. The lowest BCUT2D eigenvalue weighted by Gasteiger charge is -2.36. The van der Waals surface area contributed by atoms with Gasteiger partial charge in [0.25, 0.3) is 0 Å². The van der Waals surface area contributed by atoms with Gasteiger partial charge in [0, 0.05) is 12.6 Å². The second kappa shape index (κ2) is 6.14. The van der Waals surface area contributed by atoms with E-state index in [4.69, 9.17) is 5.73 Å². The number of alkyl halides is 3. The maximum Gasteiger partial charge on any atom is 0.416 e. The van der Waals surface area contributed by atoms with Crippen molar-refractivity contribution in [3.63, 3.8) is 0 Å². The van der Waals surface area contributed by atoms with Crippen LogP contribution >= 0.6 is 0 Å². The van der Waals surface area contributed by atoms with Crippen molar-refractivity contribution in [2.24, 2.45) is 11.7 Å². The highest BCUT2D eigenvalue weighted by atomic mass is 19.4. The third-order valence-electron chi connectivity index (χ3n) is 4.15. The molecule has 5 heteroatoms. The summed E-state index contributed by atoms with van der Waals surface area (Å²) in [7, 11) is 0. The van der Waals surface area contributed by atoms with Crippen molar-refractivity contribution in [3.05, 3.63) is 35.4 Å². The molecule has 112 valence electrons. The number of rotatable bonds is 3. The summed E-state index contributed by atoms with van der Waals surface area (Å²) in [6.07, 6.45) is -2.02. The van der Waals surface area contributed by atoms with Crippen molar-refractivity contribution in [2.45, 2.75) is 32.0 Å². The summed E-state index contributed by atoms with van der Waals surface area (Å²) in [5.41, 5.74) is 6.06. The predicted molar refractivity (Wildman–Crippen MR) is 73.2 cm³/mol. The van der Waals surface area contributed by atoms with Crippen molar-refractivity contribution < 1.29 is 13.2 Å². The van der Waals surface area contributed by atoms with Crippen LogP contribution in [-0.4, -0.2) is 24.5 Å². The molecule has 1 saturated heterocycles. The molecule has 0 aliphatic carbocycles. The van der Waals surface area contributed by atoms with E-state index in [0.717, 1.165) is 43.6 Å². The maximum atomic E-state index is 12.5. The van der Waals surface area contributed by atoms with E-state index >= 15 is 0 Å². The summed E-state index contributed by atoms with van der Waals surface area (Å²) >= 11 is 0. The van der Waals surface area contributed by atoms with Gasteiger partial charge in [-0.3, -0.25) is 4.90 Å². The molecule has 0 bridgehead atoms. The maximum absolute atomic E-state index is 12.5. The summed E-state index contributed by atoms with van der Waals surface area (Å²) < 4.78 is 37.6. The molecule has 1 aliphatic heterocycles. The van der Waals surface area contributed by atoms with Crippen LogP contribution in [0.4, 0.5) is 13.2 Å². The van der Waals surface area contributed by atoms with Gasteiger partial charge in [-0.05, 0) is 56.5 Å². The quantitative estimate of drug-likeness (QED) is 0.922. The number of piperidine rings is 1. The normalized spacial score (nSPS) is 22.8. The lowest BCUT2D eigenvalue weighted by molar-refractivity contribution is -0.137. The number of likely N-dealkylation sites (tertiary alicyclic amines) is 1. The van der Waals surface area contributed by atoms with Crippen molar-refractivity contribution in [2.75, 3.05) is 19.6 Å². The molecule has 2 nitrogen and oxygen atoms in total. The first kappa shape index (κ1) is 15.3. The average molecular weight is 286 g/mol. The second-order valence-corrected chi connectivity index (χ2v) is 5.53. The van der Waals surface area contributed by atoms with E-state index in [0.29, 0.717) is 12.5 Å². The molecule has 2 N–H and O–H groups in total. The molecular formula is C15H21F3N2. The zero-order valence-electron chi connectivity index (χ0n) is 11.7. The van der Waals surface area contributed by atoms with E-state index in [1.807, 2.05) is 6.92 Å². The lowest BCUT2D eigenvalue weighted by atomic mass is 9.95. The number of hydrogen-bond donors (Lipinski definition) is 1. The van der Waals surface area contributed by atoms with Crippen molar-refractivity contribution in [3.8, 4) is 0 Å². The number of hydrogen-bond acceptors (Lipinski definition) is 2. The standard InChI is InChI=1S/C15H21F3N2/c1-11(20-8-2-3-12(9-19)10-20)13-4-6-14(7-5-13)15(16,17)18/h4-7,11-12H,2-3,8-10,19H2,1H3. The SMILES string of the molecule is CC(c1ccc(C(F)(F)F)cc1)N1CCCC(CN)C1. The second-order valence-electron chi connectivity index (χ2n) is 5.53. The van der Waals surface area contributed by atoms with E-state index in [-0.39, 0.29) is 6.04 Å².